The van der Waals surface area contributed by atoms with E-state index in [1.165, 1.54) is 16.8 Å². The van der Waals surface area contributed by atoms with Crippen molar-refractivity contribution in [2.45, 2.75) is 52.3 Å². The molecule has 0 aromatic heterocycles. The highest BCUT2D eigenvalue weighted by atomic mass is 32.2. The van der Waals surface area contributed by atoms with E-state index in [1.54, 1.807) is 20.8 Å². The van der Waals surface area contributed by atoms with Crippen molar-refractivity contribution in [1.29, 1.82) is 0 Å². The molecule has 1 atom stereocenters. The van der Waals surface area contributed by atoms with Gasteiger partial charge in [0.25, 0.3) is 0 Å². The lowest BCUT2D eigenvalue weighted by Gasteiger charge is -2.38. The summed E-state index contributed by atoms with van der Waals surface area (Å²) in [5.74, 6) is -0.586. The highest BCUT2D eigenvalue weighted by Gasteiger charge is 2.51. The fraction of sp³-hybridized carbons (Fsp3) is 0.591. The summed E-state index contributed by atoms with van der Waals surface area (Å²) in [6.07, 6.45) is 0.992. The first-order valence-corrected chi connectivity index (χ1v) is 13.6. The largest absolute Gasteiger partial charge is 0.316 e. The van der Waals surface area contributed by atoms with Gasteiger partial charge >= 0.3 is 0 Å². The summed E-state index contributed by atoms with van der Waals surface area (Å²) in [5.41, 5.74) is -0.0814. The van der Waals surface area contributed by atoms with Crippen LogP contribution in [-0.2, 0) is 24.5 Å². The molecule has 1 aliphatic rings. The van der Waals surface area contributed by atoms with Crippen molar-refractivity contribution in [3.05, 3.63) is 35.9 Å². The number of amides is 2. The number of hydrazone groups is 1. The summed E-state index contributed by atoms with van der Waals surface area (Å²) < 4.78 is 28.0. The fourth-order valence-corrected chi connectivity index (χ4v) is 5.43. The van der Waals surface area contributed by atoms with Gasteiger partial charge in [-0.25, -0.2) is 18.1 Å². The molecule has 9 nitrogen and oxygen atoms in total. The summed E-state index contributed by atoms with van der Waals surface area (Å²) >= 11 is 1.17. The molecule has 2 amide bonds. The molecular formula is C22H35N5O4S2. The van der Waals surface area contributed by atoms with E-state index < -0.39 is 20.3 Å². The average Bonchev–Trinajstić information content (AvgIpc) is 3.11. The van der Waals surface area contributed by atoms with Gasteiger partial charge in [-0.1, -0.05) is 65.0 Å². The summed E-state index contributed by atoms with van der Waals surface area (Å²) in [4.78, 5) is 24.5. The molecule has 2 rings (SSSR count). The van der Waals surface area contributed by atoms with Gasteiger partial charge < -0.3 is 10.6 Å². The number of amidine groups is 1. The first-order chi connectivity index (χ1) is 15.4. The molecule has 0 spiro atoms. The van der Waals surface area contributed by atoms with Crippen LogP contribution in [-0.4, -0.2) is 55.8 Å². The number of hydrogen-bond donors (Lipinski definition) is 3. The number of benzene rings is 1. The second-order valence-electron chi connectivity index (χ2n) is 8.82. The van der Waals surface area contributed by atoms with Crippen molar-refractivity contribution >= 4 is 38.8 Å². The minimum absolute atomic E-state index is 0.0927. The molecule has 0 saturated heterocycles. The quantitative estimate of drug-likeness (QED) is 0.426. The van der Waals surface area contributed by atoms with E-state index in [0.29, 0.717) is 31.5 Å². The molecule has 3 N–H and O–H groups in total. The molecule has 0 saturated carbocycles. The van der Waals surface area contributed by atoms with Crippen molar-refractivity contribution in [2.24, 2.45) is 10.5 Å². The van der Waals surface area contributed by atoms with E-state index in [2.05, 4.69) is 20.5 Å². The Labute approximate surface area is 201 Å². The Hall–Kier alpha value is -1.95. The Morgan fingerprint density at radius 2 is 1.82 bits per heavy atom. The van der Waals surface area contributed by atoms with E-state index in [-0.39, 0.29) is 29.3 Å². The standard InChI is InChI=1S/C22H35N5O4S2/c1-6-11-18(28)25-20-26-27(19(29)21(3,4)5)22(32-20,17-12-9-8-10-13-17)16-24-33(30,31)15-14-23-7-2/h8-10,12-13,23-24H,6-7,11,14-16H2,1-5H3,(H,25,26,28)/t22-/m0/s1. The van der Waals surface area contributed by atoms with Crippen LogP contribution in [0.1, 0.15) is 53.0 Å². The molecule has 1 aliphatic heterocycles. The van der Waals surface area contributed by atoms with E-state index in [9.17, 15) is 18.0 Å². The number of nitrogens with zero attached hydrogens (tertiary/aromatic N) is 2. The van der Waals surface area contributed by atoms with Gasteiger partial charge in [-0.05, 0) is 30.3 Å². The third-order valence-corrected chi connectivity index (χ3v) is 7.50. The van der Waals surface area contributed by atoms with Crippen LogP contribution >= 0.6 is 11.8 Å². The highest BCUT2D eigenvalue weighted by molar-refractivity contribution is 8.14. The molecule has 1 aromatic rings. The minimum atomic E-state index is -3.62. The summed E-state index contributed by atoms with van der Waals surface area (Å²) in [7, 11) is -3.62. The smallest absolute Gasteiger partial charge is 0.249 e. The van der Waals surface area contributed by atoms with Crippen LogP contribution in [0.25, 0.3) is 0 Å². The Morgan fingerprint density at radius 1 is 1.15 bits per heavy atom. The summed E-state index contributed by atoms with van der Waals surface area (Å²) in [6.45, 7) is 10.0. The monoisotopic (exact) mass is 497 g/mol. The zero-order chi connectivity index (χ0) is 24.7. The van der Waals surface area contributed by atoms with Gasteiger partial charge in [-0.3, -0.25) is 9.59 Å². The SMILES string of the molecule is CCCC(=O)NC1=NN(C(=O)C(C)(C)C)[C@](CNS(=O)(=O)CCNCC)(c2ccccc2)S1. The lowest BCUT2D eigenvalue weighted by Crippen LogP contribution is -2.52. The summed E-state index contributed by atoms with van der Waals surface area (Å²) in [5, 5.41) is 11.8. The Bertz CT molecular complexity index is 961. The van der Waals surface area contributed by atoms with Crippen molar-refractivity contribution in [2.75, 3.05) is 25.4 Å². The number of rotatable bonds is 10. The number of thioether (sulfide) groups is 1. The molecule has 184 valence electrons. The lowest BCUT2D eigenvalue weighted by molar-refractivity contribution is -0.143. The molecule has 11 heteroatoms. The first-order valence-electron chi connectivity index (χ1n) is 11.1. The molecular weight excluding hydrogens is 462 g/mol. The maximum absolute atomic E-state index is 13.5. The Balaban J connectivity index is 2.46. The van der Waals surface area contributed by atoms with Gasteiger partial charge in [0.15, 0.2) is 10.0 Å². The number of nitrogens with one attached hydrogen (secondary N) is 3. The molecule has 0 unspecified atom stereocenters. The van der Waals surface area contributed by atoms with E-state index in [4.69, 9.17) is 0 Å². The van der Waals surface area contributed by atoms with E-state index in [0.717, 1.165) is 0 Å². The third-order valence-electron chi connectivity index (χ3n) is 4.91. The van der Waals surface area contributed by atoms with Gasteiger partial charge in [0.2, 0.25) is 21.8 Å². The second kappa shape index (κ2) is 11.5. The maximum Gasteiger partial charge on any atom is 0.249 e. The maximum atomic E-state index is 13.5. The molecule has 0 fully saturated rings. The van der Waals surface area contributed by atoms with Crippen LogP contribution in [0.5, 0.6) is 0 Å². The molecule has 1 heterocycles. The Kier molecular flexibility index (Phi) is 9.48. The van der Waals surface area contributed by atoms with Gasteiger partial charge in [-0.2, -0.15) is 0 Å². The first kappa shape index (κ1) is 27.3. The Morgan fingerprint density at radius 3 is 2.39 bits per heavy atom. The molecule has 33 heavy (non-hydrogen) atoms. The van der Waals surface area contributed by atoms with Gasteiger partial charge in [0.1, 0.15) is 0 Å². The number of carbonyl (C=O) groups excluding carboxylic acids is 2. The molecule has 1 aromatic carbocycles. The zero-order valence-corrected chi connectivity index (χ0v) is 21.6. The number of carbonyl (C=O) groups is 2. The zero-order valence-electron chi connectivity index (χ0n) is 20.0. The van der Waals surface area contributed by atoms with Crippen molar-refractivity contribution < 1.29 is 18.0 Å². The topological polar surface area (TPSA) is 120 Å². The third kappa shape index (κ3) is 7.26. The second-order valence-corrected chi connectivity index (χ2v) is 12.0. The van der Waals surface area contributed by atoms with Crippen molar-refractivity contribution in [1.82, 2.24) is 20.4 Å². The minimum Gasteiger partial charge on any atom is -0.316 e. The predicted molar refractivity (Wildman–Crippen MR) is 133 cm³/mol. The van der Waals surface area contributed by atoms with Crippen LogP contribution < -0.4 is 15.4 Å². The normalized spacial score (nSPS) is 18.8. The van der Waals surface area contributed by atoms with Crippen molar-refractivity contribution in [3.63, 3.8) is 0 Å². The van der Waals surface area contributed by atoms with Crippen LogP contribution in [0.4, 0.5) is 0 Å². The molecule has 0 radical (unpaired) electrons. The number of hydrogen-bond acceptors (Lipinski definition) is 7. The average molecular weight is 498 g/mol. The van der Waals surface area contributed by atoms with Crippen LogP contribution in [0.3, 0.4) is 0 Å². The fourth-order valence-electron chi connectivity index (χ4n) is 3.14. The van der Waals surface area contributed by atoms with Crippen LogP contribution in [0, 0.1) is 5.41 Å². The summed E-state index contributed by atoms with van der Waals surface area (Å²) in [6, 6.07) is 9.15. The molecule has 0 aliphatic carbocycles. The van der Waals surface area contributed by atoms with Crippen LogP contribution in [0.15, 0.2) is 35.4 Å². The predicted octanol–water partition coefficient (Wildman–Crippen LogP) is 2.18. The highest BCUT2D eigenvalue weighted by Crippen LogP contribution is 2.46. The van der Waals surface area contributed by atoms with E-state index >= 15 is 0 Å². The van der Waals surface area contributed by atoms with Gasteiger partial charge in [0, 0.05) is 18.4 Å². The molecule has 0 bridgehead atoms. The van der Waals surface area contributed by atoms with Gasteiger partial charge in [-0.15, -0.1) is 5.10 Å². The van der Waals surface area contributed by atoms with Gasteiger partial charge in [0.05, 0.1) is 12.3 Å². The number of sulfonamides is 1. The van der Waals surface area contributed by atoms with Crippen LogP contribution in [0.2, 0.25) is 0 Å². The lowest BCUT2D eigenvalue weighted by atomic mass is 9.93. The van der Waals surface area contributed by atoms with E-state index in [1.807, 2.05) is 44.2 Å². The van der Waals surface area contributed by atoms with Crippen molar-refractivity contribution in [3.8, 4) is 0 Å².